The van der Waals surface area contributed by atoms with Crippen LogP contribution in [-0.2, 0) is 4.79 Å². The fraction of sp³-hybridized carbons (Fsp3) is 0.778. The lowest BCUT2D eigenvalue weighted by Gasteiger charge is -2.27. The van der Waals surface area contributed by atoms with E-state index in [0.717, 1.165) is 19.5 Å². The number of nitrogens with zero attached hydrogens (tertiary/aromatic N) is 1. The van der Waals surface area contributed by atoms with Gasteiger partial charge in [0, 0.05) is 19.0 Å². The zero-order chi connectivity index (χ0) is 8.27. The van der Waals surface area contributed by atoms with E-state index in [1.807, 2.05) is 18.7 Å². The van der Waals surface area contributed by atoms with E-state index in [4.69, 9.17) is 0 Å². The first-order valence-electron chi connectivity index (χ1n) is 4.32. The fourth-order valence-corrected chi connectivity index (χ4v) is 1.33. The van der Waals surface area contributed by atoms with Crippen molar-refractivity contribution in [3.63, 3.8) is 0 Å². The largest absolute Gasteiger partial charge is 0.342 e. The van der Waals surface area contributed by atoms with Gasteiger partial charge in [-0.3, -0.25) is 4.79 Å². The molecular weight excluding hydrogens is 138 g/mol. The van der Waals surface area contributed by atoms with Gasteiger partial charge in [-0.15, -0.1) is 0 Å². The number of likely N-dealkylation sites (tertiary alicyclic amines) is 1. The van der Waals surface area contributed by atoms with Crippen LogP contribution in [0.15, 0.2) is 0 Å². The molecule has 0 N–H and O–H groups in total. The minimum Gasteiger partial charge on any atom is -0.342 e. The standard InChI is InChI=1S/C9H16NO/c1-8(2)9(11)10-6-4-3-5-7-10/h4,8H,3,5-7H2,1-2H3. The van der Waals surface area contributed by atoms with Crippen molar-refractivity contribution in [1.29, 1.82) is 0 Å². The summed E-state index contributed by atoms with van der Waals surface area (Å²) >= 11 is 0. The van der Waals surface area contributed by atoms with Crippen molar-refractivity contribution >= 4 is 5.91 Å². The van der Waals surface area contributed by atoms with Crippen LogP contribution < -0.4 is 0 Å². The van der Waals surface area contributed by atoms with Gasteiger partial charge in [-0.1, -0.05) is 13.8 Å². The summed E-state index contributed by atoms with van der Waals surface area (Å²) < 4.78 is 0. The second kappa shape index (κ2) is 3.74. The molecule has 0 aromatic heterocycles. The number of hydrogen-bond acceptors (Lipinski definition) is 1. The van der Waals surface area contributed by atoms with Crippen molar-refractivity contribution in [2.75, 3.05) is 13.1 Å². The lowest BCUT2D eigenvalue weighted by Crippen LogP contribution is -2.38. The van der Waals surface area contributed by atoms with Crippen molar-refractivity contribution in [2.24, 2.45) is 5.92 Å². The van der Waals surface area contributed by atoms with Crippen molar-refractivity contribution in [1.82, 2.24) is 4.90 Å². The SMILES string of the molecule is CC(C)C(=O)N1C[CH]CCC1. The molecule has 2 heteroatoms. The summed E-state index contributed by atoms with van der Waals surface area (Å²) in [6.07, 6.45) is 4.49. The molecule has 0 spiro atoms. The van der Waals surface area contributed by atoms with Gasteiger partial charge in [0.05, 0.1) is 0 Å². The van der Waals surface area contributed by atoms with Crippen LogP contribution in [0.5, 0.6) is 0 Å². The van der Waals surface area contributed by atoms with Gasteiger partial charge in [-0.2, -0.15) is 0 Å². The summed E-state index contributed by atoms with van der Waals surface area (Å²) in [6, 6.07) is 0. The van der Waals surface area contributed by atoms with Crippen LogP contribution in [0, 0.1) is 12.3 Å². The Bertz CT molecular complexity index is 136. The van der Waals surface area contributed by atoms with E-state index in [-0.39, 0.29) is 5.92 Å². The van der Waals surface area contributed by atoms with E-state index in [1.165, 1.54) is 6.42 Å². The molecule has 11 heavy (non-hydrogen) atoms. The summed E-state index contributed by atoms with van der Waals surface area (Å²) in [4.78, 5) is 13.3. The number of carbonyl (C=O) groups is 1. The Morgan fingerprint density at radius 1 is 1.55 bits per heavy atom. The average molecular weight is 154 g/mol. The van der Waals surface area contributed by atoms with Crippen LogP contribution in [0.4, 0.5) is 0 Å². The Kier molecular flexibility index (Phi) is 2.92. The quantitative estimate of drug-likeness (QED) is 0.560. The minimum atomic E-state index is 0.154. The van der Waals surface area contributed by atoms with E-state index in [0.29, 0.717) is 5.91 Å². The van der Waals surface area contributed by atoms with Crippen LogP contribution in [-0.4, -0.2) is 23.9 Å². The number of hydrogen-bond donors (Lipinski definition) is 0. The first-order valence-corrected chi connectivity index (χ1v) is 4.32. The van der Waals surface area contributed by atoms with Crippen LogP contribution in [0.25, 0.3) is 0 Å². The number of amides is 1. The highest BCUT2D eigenvalue weighted by molar-refractivity contribution is 5.78. The van der Waals surface area contributed by atoms with Gasteiger partial charge < -0.3 is 4.90 Å². The van der Waals surface area contributed by atoms with E-state index in [1.54, 1.807) is 0 Å². The minimum absolute atomic E-state index is 0.154. The van der Waals surface area contributed by atoms with E-state index < -0.39 is 0 Å². The molecule has 63 valence electrons. The highest BCUT2D eigenvalue weighted by Gasteiger charge is 2.18. The molecule has 0 bridgehead atoms. The first-order chi connectivity index (χ1) is 5.22. The summed E-state index contributed by atoms with van der Waals surface area (Å²) in [5, 5.41) is 0. The molecule has 2 nitrogen and oxygen atoms in total. The zero-order valence-corrected chi connectivity index (χ0v) is 7.34. The number of piperidine rings is 1. The second-order valence-electron chi connectivity index (χ2n) is 3.37. The Hall–Kier alpha value is -0.530. The highest BCUT2D eigenvalue weighted by Crippen LogP contribution is 2.10. The summed E-state index contributed by atoms with van der Waals surface area (Å²) in [7, 11) is 0. The molecule has 0 aromatic rings. The topological polar surface area (TPSA) is 20.3 Å². The molecule has 0 saturated carbocycles. The van der Waals surface area contributed by atoms with E-state index in [9.17, 15) is 4.79 Å². The maximum Gasteiger partial charge on any atom is 0.225 e. The monoisotopic (exact) mass is 154 g/mol. The van der Waals surface area contributed by atoms with Crippen LogP contribution in [0.2, 0.25) is 0 Å². The first kappa shape index (κ1) is 8.57. The van der Waals surface area contributed by atoms with Crippen molar-refractivity contribution in [3.05, 3.63) is 6.42 Å². The molecule has 1 aliphatic rings. The molecule has 1 radical (unpaired) electrons. The summed E-state index contributed by atoms with van der Waals surface area (Å²) in [6.45, 7) is 5.72. The Balaban J connectivity index is 2.39. The Labute approximate surface area is 68.6 Å². The molecule has 1 aliphatic heterocycles. The Morgan fingerprint density at radius 3 is 2.73 bits per heavy atom. The van der Waals surface area contributed by atoms with Crippen LogP contribution >= 0.6 is 0 Å². The molecule has 0 aliphatic carbocycles. The smallest absolute Gasteiger partial charge is 0.225 e. The van der Waals surface area contributed by atoms with Crippen LogP contribution in [0.3, 0.4) is 0 Å². The lowest BCUT2D eigenvalue weighted by molar-refractivity contribution is -0.134. The Morgan fingerprint density at radius 2 is 2.27 bits per heavy atom. The zero-order valence-electron chi connectivity index (χ0n) is 7.34. The van der Waals surface area contributed by atoms with Crippen molar-refractivity contribution in [3.8, 4) is 0 Å². The number of carbonyl (C=O) groups excluding carboxylic acids is 1. The normalized spacial score (nSPS) is 19.0. The third-order valence-corrected chi connectivity index (χ3v) is 1.99. The van der Waals surface area contributed by atoms with Gasteiger partial charge in [-0.05, 0) is 19.3 Å². The maximum atomic E-state index is 11.4. The van der Waals surface area contributed by atoms with Crippen LogP contribution in [0.1, 0.15) is 26.7 Å². The molecule has 0 atom stereocenters. The summed E-state index contributed by atoms with van der Waals surface area (Å²) in [5.41, 5.74) is 0. The van der Waals surface area contributed by atoms with E-state index in [2.05, 4.69) is 6.42 Å². The van der Waals surface area contributed by atoms with Gasteiger partial charge in [0.15, 0.2) is 0 Å². The van der Waals surface area contributed by atoms with Gasteiger partial charge in [0.2, 0.25) is 5.91 Å². The molecule has 1 fully saturated rings. The van der Waals surface area contributed by atoms with Gasteiger partial charge in [0.25, 0.3) is 0 Å². The van der Waals surface area contributed by atoms with E-state index >= 15 is 0 Å². The predicted octanol–water partition coefficient (Wildman–Crippen LogP) is 1.47. The average Bonchev–Trinajstić information content (AvgIpc) is 2.05. The van der Waals surface area contributed by atoms with Gasteiger partial charge in [0.1, 0.15) is 0 Å². The molecule has 0 unspecified atom stereocenters. The molecule has 0 aromatic carbocycles. The van der Waals surface area contributed by atoms with Gasteiger partial charge >= 0.3 is 0 Å². The molecule has 1 saturated heterocycles. The predicted molar refractivity (Wildman–Crippen MR) is 45.0 cm³/mol. The molecule has 1 amide bonds. The maximum absolute atomic E-state index is 11.4. The molecular formula is C9H16NO. The number of rotatable bonds is 1. The third-order valence-electron chi connectivity index (χ3n) is 1.99. The lowest BCUT2D eigenvalue weighted by atomic mass is 10.1. The van der Waals surface area contributed by atoms with Gasteiger partial charge in [-0.25, -0.2) is 0 Å². The van der Waals surface area contributed by atoms with Crippen molar-refractivity contribution in [2.45, 2.75) is 26.7 Å². The fourth-order valence-electron chi connectivity index (χ4n) is 1.33. The summed E-state index contributed by atoms with van der Waals surface area (Å²) in [5.74, 6) is 0.447. The second-order valence-corrected chi connectivity index (χ2v) is 3.37. The highest BCUT2D eigenvalue weighted by atomic mass is 16.2. The van der Waals surface area contributed by atoms with Crippen molar-refractivity contribution < 1.29 is 4.79 Å². The molecule has 1 rings (SSSR count). The third kappa shape index (κ3) is 2.21. The molecule has 1 heterocycles.